The highest BCUT2D eigenvalue weighted by molar-refractivity contribution is 6.00. The maximum absolute atomic E-state index is 13.1. The molecule has 0 saturated carbocycles. The Hall–Kier alpha value is -4.13. The van der Waals surface area contributed by atoms with Crippen molar-refractivity contribution in [1.82, 2.24) is 9.97 Å². The minimum absolute atomic E-state index is 0.150. The lowest BCUT2D eigenvalue weighted by molar-refractivity contribution is -0.385. The molecule has 1 fully saturated rings. The number of nitrogens with zero attached hydrogens (tertiary/aromatic N) is 4. The number of carbonyl (C=O) groups excluding carboxylic acids is 1. The van der Waals surface area contributed by atoms with Crippen LogP contribution in [0.3, 0.4) is 0 Å². The van der Waals surface area contributed by atoms with Crippen LogP contribution in [0.2, 0.25) is 0 Å². The number of rotatable bonds is 6. The van der Waals surface area contributed by atoms with Crippen molar-refractivity contribution >= 4 is 28.1 Å². The molecule has 0 aliphatic carbocycles. The minimum atomic E-state index is -0.495. The highest BCUT2D eigenvalue weighted by atomic mass is 16.6. The molecule has 0 amide bonds. The molecule has 5 rings (SSSR count). The molecule has 34 heavy (non-hydrogen) atoms. The molecule has 0 bridgehead atoms. The van der Waals surface area contributed by atoms with E-state index < -0.39 is 4.92 Å². The quantitative estimate of drug-likeness (QED) is 0.214. The monoisotopic (exact) mass is 452 g/mol. The summed E-state index contributed by atoms with van der Waals surface area (Å²) in [5, 5.41) is 12.4. The number of ketones is 1. The van der Waals surface area contributed by atoms with Crippen molar-refractivity contribution in [2.45, 2.75) is 25.7 Å². The summed E-state index contributed by atoms with van der Waals surface area (Å²) in [6, 6.07) is 20.3. The van der Waals surface area contributed by atoms with Crippen LogP contribution in [-0.2, 0) is 6.42 Å². The number of fused-ring (bicyclic) bond motifs is 1. The second-order valence-electron chi connectivity index (χ2n) is 8.53. The Morgan fingerprint density at radius 2 is 1.76 bits per heavy atom. The Morgan fingerprint density at radius 3 is 2.53 bits per heavy atom. The van der Waals surface area contributed by atoms with Crippen LogP contribution >= 0.6 is 0 Å². The number of benzene rings is 2. The molecular weight excluding hydrogens is 428 g/mol. The standard InChI is InChI=1S/C27H24N4O3/c32-27(17-25-26(31(33)34)12-11-23(29-25)19-7-3-1-4-8-19)21-15-20-9-10-22(16-24(20)28-18-21)30-13-5-2-6-14-30/h1,3-4,7-12,15-16,18H,2,5-6,13-14,17H2. The fourth-order valence-electron chi connectivity index (χ4n) is 4.43. The summed E-state index contributed by atoms with van der Waals surface area (Å²) in [6.45, 7) is 2.10. The summed E-state index contributed by atoms with van der Waals surface area (Å²) in [7, 11) is 0. The summed E-state index contributed by atoms with van der Waals surface area (Å²) in [5.74, 6) is -0.254. The predicted molar refractivity (Wildman–Crippen MR) is 132 cm³/mol. The Morgan fingerprint density at radius 1 is 0.971 bits per heavy atom. The second-order valence-corrected chi connectivity index (χ2v) is 8.53. The second kappa shape index (κ2) is 9.39. The van der Waals surface area contributed by atoms with Gasteiger partial charge in [-0.1, -0.05) is 36.4 Å². The van der Waals surface area contributed by atoms with Gasteiger partial charge in [0.1, 0.15) is 5.69 Å². The van der Waals surface area contributed by atoms with Gasteiger partial charge in [0.15, 0.2) is 5.78 Å². The van der Waals surface area contributed by atoms with E-state index in [2.05, 4.69) is 27.0 Å². The van der Waals surface area contributed by atoms with Gasteiger partial charge in [-0.2, -0.15) is 0 Å². The average Bonchev–Trinajstić information content (AvgIpc) is 2.89. The van der Waals surface area contributed by atoms with Gasteiger partial charge >= 0.3 is 0 Å². The molecule has 0 atom stereocenters. The zero-order valence-corrected chi connectivity index (χ0v) is 18.7. The number of pyridine rings is 2. The van der Waals surface area contributed by atoms with Crippen LogP contribution in [0.5, 0.6) is 0 Å². The fourth-order valence-corrected chi connectivity index (χ4v) is 4.43. The third-order valence-electron chi connectivity index (χ3n) is 6.26. The van der Waals surface area contributed by atoms with E-state index in [0.29, 0.717) is 11.3 Å². The molecule has 1 saturated heterocycles. The van der Waals surface area contributed by atoms with E-state index in [4.69, 9.17) is 0 Å². The van der Waals surface area contributed by atoms with Gasteiger partial charge in [0.2, 0.25) is 0 Å². The molecule has 3 heterocycles. The first-order valence-electron chi connectivity index (χ1n) is 11.5. The topological polar surface area (TPSA) is 89.2 Å². The van der Waals surface area contributed by atoms with E-state index in [9.17, 15) is 14.9 Å². The number of carbonyl (C=O) groups is 1. The van der Waals surface area contributed by atoms with Crippen molar-refractivity contribution in [1.29, 1.82) is 0 Å². The number of piperidine rings is 1. The fraction of sp³-hybridized carbons (Fsp3) is 0.222. The van der Waals surface area contributed by atoms with Gasteiger partial charge in [-0.05, 0) is 43.5 Å². The summed E-state index contributed by atoms with van der Waals surface area (Å²) >= 11 is 0. The summed E-state index contributed by atoms with van der Waals surface area (Å²) in [5.41, 5.74) is 3.81. The lowest BCUT2D eigenvalue weighted by Gasteiger charge is -2.28. The highest BCUT2D eigenvalue weighted by Gasteiger charge is 2.21. The van der Waals surface area contributed by atoms with Crippen LogP contribution in [0.1, 0.15) is 35.3 Å². The predicted octanol–water partition coefficient (Wildman–Crippen LogP) is 5.62. The molecule has 0 spiro atoms. The highest BCUT2D eigenvalue weighted by Crippen LogP contribution is 2.27. The third kappa shape index (κ3) is 4.50. The molecular formula is C27H24N4O3. The van der Waals surface area contributed by atoms with Gasteiger partial charge in [-0.15, -0.1) is 0 Å². The van der Waals surface area contributed by atoms with Crippen molar-refractivity contribution in [2.24, 2.45) is 0 Å². The van der Waals surface area contributed by atoms with Crippen LogP contribution in [0.4, 0.5) is 11.4 Å². The van der Waals surface area contributed by atoms with Crippen molar-refractivity contribution in [3.8, 4) is 11.3 Å². The SMILES string of the molecule is O=C(Cc1nc(-c2ccccc2)ccc1[N+](=O)[O-])c1cnc2cc(N3CCCCC3)ccc2c1. The van der Waals surface area contributed by atoms with Gasteiger partial charge < -0.3 is 4.90 Å². The third-order valence-corrected chi connectivity index (χ3v) is 6.26. The van der Waals surface area contributed by atoms with E-state index in [1.807, 2.05) is 36.4 Å². The van der Waals surface area contributed by atoms with E-state index in [1.165, 1.54) is 25.3 Å². The summed E-state index contributed by atoms with van der Waals surface area (Å²) in [4.78, 5) is 35.5. The maximum atomic E-state index is 13.1. The molecule has 7 heteroatoms. The summed E-state index contributed by atoms with van der Waals surface area (Å²) in [6.07, 6.45) is 5.05. The number of nitro groups is 1. The van der Waals surface area contributed by atoms with E-state index in [-0.39, 0.29) is 23.6 Å². The summed E-state index contributed by atoms with van der Waals surface area (Å²) < 4.78 is 0. The van der Waals surface area contributed by atoms with E-state index in [1.54, 1.807) is 18.3 Å². The van der Waals surface area contributed by atoms with Gasteiger partial charge in [0.05, 0.1) is 22.6 Å². The van der Waals surface area contributed by atoms with Crippen LogP contribution in [0, 0.1) is 10.1 Å². The van der Waals surface area contributed by atoms with Gasteiger partial charge in [-0.25, -0.2) is 4.98 Å². The van der Waals surface area contributed by atoms with Crippen LogP contribution in [-0.4, -0.2) is 33.8 Å². The molecule has 0 unspecified atom stereocenters. The Labute approximate surface area is 197 Å². The average molecular weight is 453 g/mol. The van der Waals surface area contributed by atoms with Crippen LogP contribution in [0.25, 0.3) is 22.2 Å². The van der Waals surface area contributed by atoms with Gasteiger partial charge in [-0.3, -0.25) is 19.9 Å². The Balaban J connectivity index is 1.42. The first kappa shape index (κ1) is 21.7. The van der Waals surface area contributed by atoms with E-state index >= 15 is 0 Å². The first-order chi connectivity index (χ1) is 16.6. The largest absolute Gasteiger partial charge is 0.371 e. The number of anilines is 1. The molecule has 1 aliphatic heterocycles. The van der Waals surface area contributed by atoms with Crippen LogP contribution < -0.4 is 4.90 Å². The molecule has 4 aromatic rings. The Bertz CT molecular complexity index is 1370. The zero-order valence-electron chi connectivity index (χ0n) is 18.7. The smallest absolute Gasteiger partial charge is 0.291 e. The molecule has 7 nitrogen and oxygen atoms in total. The number of aromatic nitrogens is 2. The number of hydrogen-bond acceptors (Lipinski definition) is 6. The lowest BCUT2D eigenvalue weighted by Crippen LogP contribution is -2.29. The Kier molecular flexibility index (Phi) is 5.99. The molecule has 1 aliphatic rings. The van der Waals surface area contributed by atoms with Crippen molar-refractivity contribution in [3.05, 3.63) is 94.3 Å². The molecule has 2 aromatic heterocycles. The zero-order chi connectivity index (χ0) is 23.5. The van der Waals surface area contributed by atoms with Gasteiger partial charge in [0.25, 0.3) is 5.69 Å². The first-order valence-corrected chi connectivity index (χ1v) is 11.5. The molecule has 2 aromatic carbocycles. The van der Waals surface area contributed by atoms with Gasteiger partial charge in [0, 0.05) is 47.6 Å². The van der Waals surface area contributed by atoms with Crippen molar-refractivity contribution in [3.63, 3.8) is 0 Å². The molecule has 170 valence electrons. The molecule has 0 radical (unpaired) electrons. The molecule has 0 N–H and O–H groups in total. The number of Topliss-reactive ketones (excluding diaryl/α,β-unsaturated/α-hetero) is 1. The van der Waals surface area contributed by atoms with Crippen molar-refractivity contribution < 1.29 is 9.72 Å². The normalized spacial score (nSPS) is 13.7. The van der Waals surface area contributed by atoms with Crippen LogP contribution in [0.15, 0.2) is 72.9 Å². The van der Waals surface area contributed by atoms with E-state index in [0.717, 1.165) is 35.2 Å². The minimum Gasteiger partial charge on any atom is -0.371 e. The number of hydrogen-bond donors (Lipinski definition) is 0. The lowest BCUT2D eigenvalue weighted by atomic mass is 10.0. The van der Waals surface area contributed by atoms with Crippen molar-refractivity contribution in [2.75, 3.05) is 18.0 Å². The maximum Gasteiger partial charge on any atom is 0.291 e.